The molecule has 0 bridgehead atoms. The SMILES string of the molecule is CCN(CC)C(=O)C(C)n1c(CCl)nc2cc(I)ccc21. The fourth-order valence-corrected chi connectivity index (χ4v) is 3.22. The van der Waals surface area contributed by atoms with Gasteiger partial charge in [-0.3, -0.25) is 4.79 Å². The summed E-state index contributed by atoms with van der Waals surface area (Å²) in [6.45, 7) is 7.31. The molecule has 2 rings (SSSR count). The Hall–Kier alpha value is -0.820. The first kappa shape index (κ1) is 16.5. The van der Waals surface area contributed by atoms with Gasteiger partial charge in [-0.2, -0.15) is 0 Å². The number of halogens is 2. The minimum absolute atomic E-state index is 0.101. The van der Waals surface area contributed by atoms with E-state index in [-0.39, 0.29) is 11.9 Å². The predicted octanol–water partition coefficient (Wildman–Crippen LogP) is 3.81. The maximum atomic E-state index is 12.6. The van der Waals surface area contributed by atoms with Gasteiger partial charge in [0.2, 0.25) is 5.91 Å². The minimum atomic E-state index is -0.302. The molecule has 1 amide bonds. The van der Waals surface area contributed by atoms with Crippen LogP contribution in [-0.2, 0) is 10.7 Å². The quantitative estimate of drug-likeness (QED) is 0.546. The molecule has 0 aliphatic carbocycles. The first-order chi connectivity index (χ1) is 10.0. The number of aromatic nitrogens is 2. The summed E-state index contributed by atoms with van der Waals surface area (Å²) in [4.78, 5) is 19.0. The second-order valence-corrected chi connectivity index (χ2v) is 6.36. The number of amides is 1. The number of nitrogens with zero attached hydrogens (tertiary/aromatic N) is 3. The fraction of sp³-hybridized carbons (Fsp3) is 0.467. The molecule has 0 saturated carbocycles. The number of hydrogen-bond donors (Lipinski definition) is 0. The molecule has 114 valence electrons. The van der Waals surface area contributed by atoms with Crippen LogP contribution in [0.2, 0.25) is 0 Å². The molecule has 0 aliphatic rings. The normalized spacial score (nSPS) is 12.6. The number of hydrogen-bond acceptors (Lipinski definition) is 2. The van der Waals surface area contributed by atoms with Crippen molar-refractivity contribution in [3.8, 4) is 0 Å². The van der Waals surface area contributed by atoms with Crippen molar-refractivity contribution < 1.29 is 4.79 Å². The average molecular weight is 420 g/mol. The zero-order valence-corrected chi connectivity index (χ0v) is 15.3. The molecule has 1 unspecified atom stereocenters. The summed E-state index contributed by atoms with van der Waals surface area (Å²) >= 11 is 8.29. The third-order valence-corrected chi connectivity index (χ3v) is 4.57. The maximum Gasteiger partial charge on any atom is 0.245 e. The Balaban J connectivity index is 2.51. The van der Waals surface area contributed by atoms with Gasteiger partial charge in [-0.05, 0) is 61.6 Å². The topological polar surface area (TPSA) is 38.1 Å². The van der Waals surface area contributed by atoms with Crippen LogP contribution in [0, 0.1) is 3.57 Å². The lowest BCUT2D eigenvalue weighted by Gasteiger charge is -2.25. The van der Waals surface area contributed by atoms with Crippen LogP contribution in [0.15, 0.2) is 18.2 Å². The molecule has 1 aromatic carbocycles. The molecule has 0 saturated heterocycles. The van der Waals surface area contributed by atoms with E-state index in [0.29, 0.717) is 19.0 Å². The van der Waals surface area contributed by atoms with E-state index in [1.807, 2.05) is 48.4 Å². The van der Waals surface area contributed by atoms with Gasteiger partial charge in [0.15, 0.2) is 0 Å². The Labute approximate surface area is 143 Å². The highest BCUT2D eigenvalue weighted by molar-refractivity contribution is 14.1. The number of rotatable bonds is 5. The largest absolute Gasteiger partial charge is 0.341 e. The molecule has 1 aromatic heterocycles. The Morgan fingerprint density at radius 1 is 1.43 bits per heavy atom. The van der Waals surface area contributed by atoms with Crippen LogP contribution in [0.1, 0.15) is 32.6 Å². The van der Waals surface area contributed by atoms with Crippen LogP contribution >= 0.6 is 34.2 Å². The summed E-state index contributed by atoms with van der Waals surface area (Å²) in [6, 6.07) is 5.74. The standard InChI is InChI=1S/C15H19ClIN3O/c1-4-19(5-2)15(21)10(3)20-13-7-6-11(17)8-12(13)18-14(20)9-16/h6-8,10H,4-5,9H2,1-3H3. The molecule has 0 spiro atoms. The van der Waals surface area contributed by atoms with Gasteiger partial charge in [-0.25, -0.2) is 4.98 Å². The molecule has 0 aliphatic heterocycles. The summed E-state index contributed by atoms with van der Waals surface area (Å²) in [5, 5.41) is 0. The number of imidazole rings is 1. The second-order valence-electron chi connectivity index (χ2n) is 4.85. The van der Waals surface area contributed by atoms with Crippen LogP contribution < -0.4 is 0 Å². The first-order valence-corrected chi connectivity index (χ1v) is 8.65. The highest BCUT2D eigenvalue weighted by atomic mass is 127. The van der Waals surface area contributed by atoms with Crippen LogP contribution in [0.3, 0.4) is 0 Å². The highest BCUT2D eigenvalue weighted by Gasteiger charge is 2.24. The summed E-state index contributed by atoms with van der Waals surface area (Å²) in [5.41, 5.74) is 1.84. The number of alkyl halides is 1. The van der Waals surface area contributed by atoms with Gasteiger partial charge in [-0.1, -0.05) is 0 Å². The van der Waals surface area contributed by atoms with Gasteiger partial charge in [0, 0.05) is 16.7 Å². The second kappa shape index (κ2) is 6.96. The van der Waals surface area contributed by atoms with Crippen molar-refractivity contribution in [1.29, 1.82) is 0 Å². The molecule has 6 heteroatoms. The maximum absolute atomic E-state index is 12.6. The van der Waals surface area contributed by atoms with E-state index in [1.54, 1.807) is 0 Å². The van der Waals surface area contributed by atoms with Crippen LogP contribution in [0.4, 0.5) is 0 Å². The van der Waals surface area contributed by atoms with Gasteiger partial charge < -0.3 is 9.47 Å². The molecule has 0 N–H and O–H groups in total. The van der Waals surface area contributed by atoms with Crippen molar-refractivity contribution in [2.24, 2.45) is 0 Å². The van der Waals surface area contributed by atoms with Gasteiger partial charge in [0.1, 0.15) is 11.9 Å². The monoisotopic (exact) mass is 419 g/mol. The van der Waals surface area contributed by atoms with E-state index in [9.17, 15) is 4.79 Å². The Morgan fingerprint density at radius 3 is 2.67 bits per heavy atom. The molecule has 1 atom stereocenters. The lowest BCUT2D eigenvalue weighted by Crippen LogP contribution is -2.36. The number of carbonyl (C=O) groups excluding carboxylic acids is 1. The van der Waals surface area contributed by atoms with E-state index in [1.165, 1.54) is 0 Å². The Bertz CT molecular complexity index is 652. The van der Waals surface area contributed by atoms with Crippen molar-refractivity contribution >= 4 is 51.1 Å². The zero-order valence-electron chi connectivity index (χ0n) is 12.4. The third kappa shape index (κ3) is 3.18. The fourth-order valence-electron chi connectivity index (χ4n) is 2.56. The van der Waals surface area contributed by atoms with Crippen LogP contribution in [-0.4, -0.2) is 33.4 Å². The van der Waals surface area contributed by atoms with Crippen LogP contribution in [0.5, 0.6) is 0 Å². The molecular weight excluding hydrogens is 401 g/mol. The van der Waals surface area contributed by atoms with Crippen molar-refractivity contribution in [3.63, 3.8) is 0 Å². The van der Waals surface area contributed by atoms with Crippen LogP contribution in [0.25, 0.3) is 11.0 Å². The number of benzene rings is 1. The van der Waals surface area contributed by atoms with Gasteiger partial charge in [0.25, 0.3) is 0 Å². The van der Waals surface area contributed by atoms with Crippen molar-refractivity contribution in [2.45, 2.75) is 32.7 Å². The number of fused-ring (bicyclic) bond motifs is 1. The molecule has 21 heavy (non-hydrogen) atoms. The van der Waals surface area contributed by atoms with E-state index in [2.05, 4.69) is 27.6 Å². The summed E-state index contributed by atoms with van der Waals surface area (Å²) in [6.07, 6.45) is 0. The lowest BCUT2D eigenvalue weighted by atomic mass is 10.2. The van der Waals surface area contributed by atoms with Gasteiger partial charge in [-0.15, -0.1) is 11.6 Å². The average Bonchev–Trinajstić information content (AvgIpc) is 2.84. The minimum Gasteiger partial charge on any atom is -0.341 e. The van der Waals surface area contributed by atoms with Crippen molar-refractivity contribution in [1.82, 2.24) is 14.5 Å². The smallest absolute Gasteiger partial charge is 0.245 e. The number of carbonyl (C=O) groups is 1. The Kier molecular flexibility index (Phi) is 5.48. The van der Waals surface area contributed by atoms with Crippen molar-refractivity contribution in [3.05, 3.63) is 27.6 Å². The van der Waals surface area contributed by atoms with E-state index >= 15 is 0 Å². The predicted molar refractivity (Wildman–Crippen MR) is 94.6 cm³/mol. The van der Waals surface area contributed by atoms with E-state index in [4.69, 9.17) is 11.6 Å². The van der Waals surface area contributed by atoms with E-state index in [0.717, 1.165) is 20.4 Å². The molecule has 4 nitrogen and oxygen atoms in total. The summed E-state index contributed by atoms with van der Waals surface area (Å²) < 4.78 is 3.08. The lowest BCUT2D eigenvalue weighted by molar-refractivity contribution is -0.133. The molecule has 1 heterocycles. The highest BCUT2D eigenvalue weighted by Crippen LogP contribution is 2.25. The summed E-state index contributed by atoms with van der Waals surface area (Å²) in [5.74, 6) is 1.13. The Morgan fingerprint density at radius 2 is 2.10 bits per heavy atom. The zero-order chi connectivity index (χ0) is 15.6. The number of likely N-dealkylation sites (N-methyl/N-ethyl adjacent to an activating group) is 1. The van der Waals surface area contributed by atoms with E-state index < -0.39 is 0 Å². The van der Waals surface area contributed by atoms with Crippen molar-refractivity contribution in [2.75, 3.05) is 13.1 Å². The molecule has 0 radical (unpaired) electrons. The van der Waals surface area contributed by atoms with Gasteiger partial charge >= 0.3 is 0 Å². The molecule has 0 fully saturated rings. The molecular formula is C15H19ClIN3O. The first-order valence-electron chi connectivity index (χ1n) is 7.04. The third-order valence-electron chi connectivity index (χ3n) is 3.66. The summed E-state index contributed by atoms with van der Waals surface area (Å²) in [7, 11) is 0. The van der Waals surface area contributed by atoms with Gasteiger partial charge in [0.05, 0.1) is 16.9 Å². The molecule has 2 aromatic rings.